The molecule has 0 spiro atoms. The SMILES string of the molecule is N#Cc1nc(NCc2ccc(Cl)c(Cl)c2)ccc1[N+](=O)[O-]. The van der Waals surface area contributed by atoms with E-state index in [0.717, 1.165) is 5.56 Å². The van der Waals surface area contributed by atoms with Crippen molar-refractivity contribution in [3.05, 3.63) is 61.7 Å². The second-order valence-corrected chi connectivity index (χ2v) is 4.85. The van der Waals surface area contributed by atoms with Gasteiger partial charge in [0, 0.05) is 12.6 Å². The molecule has 0 amide bonds. The van der Waals surface area contributed by atoms with Crippen molar-refractivity contribution in [2.24, 2.45) is 0 Å². The summed E-state index contributed by atoms with van der Waals surface area (Å²) < 4.78 is 0. The molecule has 0 aliphatic carbocycles. The Bertz CT molecular complexity index is 743. The van der Waals surface area contributed by atoms with Crippen LogP contribution in [0.2, 0.25) is 10.0 Å². The molecule has 0 saturated heterocycles. The Morgan fingerprint density at radius 3 is 2.67 bits per heavy atom. The molecule has 106 valence electrons. The van der Waals surface area contributed by atoms with Crippen LogP contribution >= 0.6 is 23.2 Å². The van der Waals surface area contributed by atoms with Gasteiger partial charge < -0.3 is 5.32 Å². The summed E-state index contributed by atoms with van der Waals surface area (Å²) in [4.78, 5) is 14.0. The summed E-state index contributed by atoms with van der Waals surface area (Å²) in [5, 5.41) is 23.4. The van der Waals surface area contributed by atoms with E-state index in [9.17, 15) is 10.1 Å². The van der Waals surface area contributed by atoms with Crippen LogP contribution in [0.25, 0.3) is 0 Å². The first-order chi connectivity index (χ1) is 10.0. The van der Waals surface area contributed by atoms with Gasteiger partial charge in [-0.3, -0.25) is 10.1 Å². The zero-order valence-corrected chi connectivity index (χ0v) is 12.0. The number of nitrogens with zero attached hydrogens (tertiary/aromatic N) is 3. The molecule has 2 aromatic rings. The largest absolute Gasteiger partial charge is 0.366 e. The van der Waals surface area contributed by atoms with Crippen molar-refractivity contribution in [2.75, 3.05) is 5.32 Å². The number of pyridine rings is 1. The Morgan fingerprint density at radius 1 is 1.29 bits per heavy atom. The number of hydrogen-bond acceptors (Lipinski definition) is 5. The van der Waals surface area contributed by atoms with E-state index in [1.165, 1.54) is 12.1 Å². The fourth-order valence-electron chi connectivity index (χ4n) is 1.62. The molecule has 0 fully saturated rings. The monoisotopic (exact) mass is 322 g/mol. The molecule has 0 aliphatic rings. The molecule has 0 radical (unpaired) electrons. The third-order valence-corrected chi connectivity index (χ3v) is 3.37. The van der Waals surface area contributed by atoms with E-state index in [4.69, 9.17) is 28.5 Å². The lowest BCUT2D eigenvalue weighted by molar-refractivity contribution is -0.385. The summed E-state index contributed by atoms with van der Waals surface area (Å²) in [6, 6.07) is 9.54. The Balaban J connectivity index is 2.15. The standard InChI is InChI=1S/C13H8Cl2N4O2/c14-9-2-1-8(5-10(9)15)7-17-13-4-3-12(19(20)21)11(6-16)18-13/h1-5H,7H2,(H,17,18). The van der Waals surface area contributed by atoms with Gasteiger partial charge in [0.05, 0.1) is 15.0 Å². The molecule has 0 aliphatic heterocycles. The fraction of sp³-hybridized carbons (Fsp3) is 0.0769. The average Bonchev–Trinajstić information content (AvgIpc) is 2.48. The molecule has 2 rings (SSSR count). The third-order valence-electron chi connectivity index (χ3n) is 2.63. The van der Waals surface area contributed by atoms with Gasteiger partial charge in [0.25, 0.3) is 0 Å². The lowest BCUT2D eigenvalue weighted by Gasteiger charge is -2.07. The first kappa shape index (κ1) is 15.0. The normalized spacial score (nSPS) is 9.95. The van der Waals surface area contributed by atoms with Crippen molar-refractivity contribution in [2.45, 2.75) is 6.54 Å². The predicted octanol–water partition coefficient (Wildman–Crippen LogP) is 3.78. The van der Waals surface area contributed by atoms with Crippen LogP contribution in [0.3, 0.4) is 0 Å². The summed E-state index contributed by atoms with van der Waals surface area (Å²) in [6.07, 6.45) is 0. The van der Waals surface area contributed by atoms with E-state index >= 15 is 0 Å². The molecular formula is C13H8Cl2N4O2. The highest BCUT2D eigenvalue weighted by atomic mass is 35.5. The zero-order valence-electron chi connectivity index (χ0n) is 10.5. The van der Waals surface area contributed by atoms with E-state index in [-0.39, 0.29) is 11.4 Å². The Hall–Kier alpha value is -2.36. The number of nitro groups is 1. The lowest BCUT2D eigenvalue weighted by Crippen LogP contribution is -2.03. The first-order valence-electron chi connectivity index (χ1n) is 5.74. The average molecular weight is 323 g/mol. The van der Waals surface area contributed by atoms with Crippen LogP contribution in [0, 0.1) is 21.4 Å². The van der Waals surface area contributed by atoms with Crippen molar-refractivity contribution in [1.29, 1.82) is 5.26 Å². The van der Waals surface area contributed by atoms with Gasteiger partial charge in [0.2, 0.25) is 5.69 Å². The molecule has 1 aromatic heterocycles. The van der Waals surface area contributed by atoms with Crippen molar-refractivity contribution >= 4 is 34.7 Å². The number of nitrogens with one attached hydrogen (secondary N) is 1. The minimum atomic E-state index is -0.645. The summed E-state index contributed by atoms with van der Waals surface area (Å²) in [6.45, 7) is 0.395. The smallest absolute Gasteiger partial charge is 0.305 e. The first-order valence-corrected chi connectivity index (χ1v) is 6.50. The molecule has 8 heteroatoms. The van der Waals surface area contributed by atoms with Crippen LogP contribution < -0.4 is 5.32 Å². The predicted molar refractivity (Wildman–Crippen MR) is 79.4 cm³/mol. The number of aromatic nitrogens is 1. The van der Waals surface area contributed by atoms with Crippen molar-refractivity contribution in [1.82, 2.24) is 4.98 Å². The van der Waals surface area contributed by atoms with Crippen LogP contribution in [0.15, 0.2) is 30.3 Å². The maximum absolute atomic E-state index is 10.7. The molecule has 1 heterocycles. The van der Waals surface area contributed by atoms with Crippen molar-refractivity contribution in [3.63, 3.8) is 0 Å². The second kappa shape index (κ2) is 6.39. The summed E-state index contributed by atoms with van der Waals surface area (Å²) in [5.74, 6) is 0.364. The fourth-order valence-corrected chi connectivity index (χ4v) is 1.94. The minimum absolute atomic E-state index is 0.237. The molecule has 0 bridgehead atoms. The van der Waals surface area contributed by atoms with Gasteiger partial charge in [-0.15, -0.1) is 0 Å². The summed E-state index contributed by atoms with van der Waals surface area (Å²) >= 11 is 11.7. The van der Waals surface area contributed by atoms with Gasteiger partial charge in [0.15, 0.2) is 0 Å². The van der Waals surface area contributed by atoms with E-state index < -0.39 is 4.92 Å². The Kier molecular flexibility index (Phi) is 4.58. The second-order valence-electron chi connectivity index (χ2n) is 4.04. The Morgan fingerprint density at radius 2 is 2.05 bits per heavy atom. The maximum Gasteiger partial charge on any atom is 0.305 e. The van der Waals surface area contributed by atoms with E-state index in [2.05, 4.69) is 10.3 Å². The number of rotatable bonds is 4. The van der Waals surface area contributed by atoms with Gasteiger partial charge in [-0.05, 0) is 23.8 Å². The van der Waals surface area contributed by atoms with Crippen LogP contribution in [0.1, 0.15) is 11.3 Å². The number of anilines is 1. The van der Waals surface area contributed by atoms with E-state index in [1.807, 2.05) is 0 Å². The van der Waals surface area contributed by atoms with Gasteiger partial charge in [0.1, 0.15) is 11.9 Å². The van der Waals surface area contributed by atoms with Crippen LogP contribution in [-0.4, -0.2) is 9.91 Å². The number of nitriles is 1. The van der Waals surface area contributed by atoms with Crippen LogP contribution in [0.5, 0.6) is 0 Å². The number of benzene rings is 1. The highest BCUT2D eigenvalue weighted by Gasteiger charge is 2.15. The number of halogens is 2. The Labute approximate surface area is 130 Å². The minimum Gasteiger partial charge on any atom is -0.366 e. The highest BCUT2D eigenvalue weighted by molar-refractivity contribution is 6.42. The van der Waals surface area contributed by atoms with Gasteiger partial charge in [-0.1, -0.05) is 29.3 Å². The topological polar surface area (TPSA) is 91.8 Å². The van der Waals surface area contributed by atoms with E-state index in [0.29, 0.717) is 22.4 Å². The number of hydrogen-bond donors (Lipinski definition) is 1. The van der Waals surface area contributed by atoms with E-state index in [1.54, 1.807) is 24.3 Å². The third kappa shape index (κ3) is 3.60. The van der Waals surface area contributed by atoms with Gasteiger partial charge >= 0.3 is 5.69 Å². The quantitative estimate of drug-likeness (QED) is 0.683. The molecule has 0 unspecified atom stereocenters. The summed E-state index contributed by atoms with van der Waals surface area (Å²) in [7, 11) is 0. The van der Waals surface area contributed by atoms with Gasteiger partial charge in [-0.2, -0.15) is 5.26 Å². The maximum atomic E-state index is 10.7. The molecular weight excluding hydrogens is 315 g/mol. The molecule has 6 nitrogen and oxygen atoms in total. The summed E-state index contributed by atoms with van der Waals surface area (Å²) in [5.41, 5.74) is 0.305. The van der Waals surface area contributed by atoms with Crippen LogP contribution in [0.4, 0.5) is 11.5 Å². The van der Waals surface area contributed by atoms with Crippen molar-refractivity contribution < 1.29 is 4.92 Å². The van der Waals surface area contributed by atoms with Gasteiger partial charge in [-0.25, -0.2) is 4.98 Å². The van der Waals surface area contributed by atoms with Crippen LogP contribution in [-0.2, 0) is 6.54 Å². The molecule has 21 heavy (non-hydrogen) atoms. The molecule has 0 saturated carbocycles. The van der Waals surface area contributed by atoms with Crippen molar-refractivity contribution in [3.8, 4) is 6.07 Å². The zero-order chi connectivity index (χ0) is 15.4. The lowest BCUT2D eigenvalue weighted by atomic mass is 10.2. The molecule has 0 atom stereocenters. The highest BCUT2D eigenvalue weighted by Crippen LogP contribution is 2.23. The molecule has 1 N–H and O–H groups in total. The molecule has 1 aromatic carbocycles.